The summed E-state index contributed by atoms with van der Waals surface area (Å²) >= 11 is 0. The molecule has 13 nitrogen and oxygen atoms in total. The number of likely N-dealkylation sites (tertiary alicyclic amines) is 2. The largest absolute Gasteiger partial charge is 0.479 e. The summed E-state index contributed by atoms with van der Waals surface area (Å²) < 4.78 is 66.7. The van der Waals surface area contributed by atoms with Crippen molar-refractivity contribution in [3.05, 3.63) is 29.8 Å². The minimum atomic E-state index is -4.59. The quantitative estimate of drug-likeness (QED) is 0.220. The molecule has 0 aliphatic carbocycles. The van der Waals surface area contributed by atoms with Crippen LogP contribution in [0.5, 0.6) is 0 Å². The second-order valence-electron chi connectivity index (χ2n) is 12.3. The van der Waals surface area contributed by atoms with Crippen molar-refractivity contribution in [3.63, 3.8) is 0 Å². The highest BCUT2D eigenvalue weighted by molar-refractivity contribution is 7.89. The van der Waals surface area contributed by atoms with Crippen molar-refractivity contribution >= 4 is 33.8 Å². The summed E-state index contributed by atoms with van der Waals surface area (Å²) in [5.74, 6) is -4.80. The van der Waals surface area contributed by atoms with Crippen molar-refractivity contribution in [2.75, 3.05) is 26.2 Å². The van der Waals surface area contributed by atoms with Gasteiger partial charge in [-0.1, -0.05) is 26.2 Å². The van der Waals surface area contributed by atoms with Gasteiger partial charge >= 0.3 is 18.1 Å². The summed E-state index contributed by atoms with van der Waals surface area (Å²) in [6.45, 7) is 5.61. The number of sulfonamides is 1. The number of aliphatic hydroxyl groups excluding tert-OH is 2. The van der Waals surface area contributed by atoms with Gasteiger partial charge in [-0.3, -0.25) is 9.59 Å². The second kappa shape index (κ2) is 16.9. The van der Waals surface area contributed by atoms with E-state index in [-0.39, 0.29) is 10.8 Å². The Kier molecular flexibility index (Phi) is 13.8. The van der Waals surface area contributed by atoms with E-state index >= 15 is 0 Å². The maximum Gasteiger partial charge on any atom is 0.416 e. The SMILES string of the molecule is CCC[C@H]1C(=O)N(S(=O)(=O)c2ccc(C(F)(F)F)cc2)[C@H]2CCN(C(=O)CCCCCN3CCCCC3)[C@H]12.O=C(O)C(O)C(O)C(=O)O. The van der Waals surface area contributed by atoms with E-state index in [0.29, 0.717) is 44.4 Å². The Bertz CT molecular complexity index is 1370. The predicted octanol–water partition coefficient (Wildman–Crippen LogP) is 2.55. The first-order valence-corrected chi connectivity index (χ1v) is 17.6. The van der Waals surface area contributed by atoms with Crippen LogP contribution < -0.4 is 0 Å². The molecule has 0 spiro atoms. The Labute approximate surface area is 277 Å². The molecule has 48 heavy (non-hydrogen) atoms. The minimum absolute atomic E-state index is 0.0573. The number of nitrogens with zero attached hydrogens (tertiary/aromatic N) is 3. The van der Waals surface area contributed by atoms with Crippen LogP contribution in [0.15, 0.2) is 29.2 Å². The molecule has 4 rings (SSSR count). The number of piperidine rings is 1. The Hall–Kier alpha value is -3.28. The number of rotatable bonds is 13. The average Bonchev–Trinajstić information content (AvgIpc) is 3.58. The van der Waals surface area contributed by atoms with Gasteiger partial charge in [0, 0.05) is 13.0 Å². The first kappa shape index (κ1) is 39.2. The Balaban J connectivity index is 0.000000542. The number of unbranched alkanes of at least 4 members (excludes halogenated alkanes) is 2. The summed E-state index contributed by atoms with van der Waals surface area (Å²) in [6, 6.07) is 1.99. The zero-order valence-electron chi connectivity index (χ0n) is 26.7. The molecule has 3 aliphatic rings. The average molecular weight is 708 g/mol. The van der Waals surface area contributed by atoms with Gasteiger partial charge in [0.25, 0.3) is 10.0 Å². The van der Waals surface area contributed by atoms with Gasteiger partial charge in [0.1, 0.15) is 0 Å². The van der Waals surface area contributed by atoms with Crippen molar-refractivity contribution in [1.82, 2.24) is 14.1 Å². The number of fused-ring (bicyclic) bond motifs is 1. The fourth-order valence-corrected chi connectivity index (χ4v) is 8.19. The van der Waals surface area contributed by atoms with Crippen LogP contribution in [0.3, 0.4) is 0 Å². The Morgan fingerprint density at radius 2 is 1.50 bits per heavy atom. The molecule has 1 aromatic rings. The lowest BCUT2D eigenvalue weighted by Crippen LogP contribution is -2.43. The van der Waals surface area contributed by atoms with Gasteiger partial charge < -0.3 is 30.2 Å². The van der Waals surface area contributed by atoms with E-state index in [2.05, 4.69) is 4.90 Å². The number of carbonyl (C=O) groups is 4. The van der Waals surface area contributed by atoms with Crippen LogP contribution in [0.4, 0.5) is 13.2 Å². The highest BCUT2D eigenvalue weighted by atomic mass is 32.2. The van der Waals surface area contributed by atoms with E-state index < -0.39 is 69.8 Å². The second-order valence-corrected chi connectivity index (χ2v) is 14.1. The third-order valence-corrected chi connectivity index (χ3v) is 10.8. The molecule has 2 unspecified atom stereocenters. The molecule has 0 bridgehead atoms. The summed E-state index contributed by atoms with van der Waals surface area (Å²) in [4.78, 5) is 49.9. The van der Waals surface area contributed by atoms with E-state index in [4.69, 9.17) is 20.4 Å². The lowest BCUT2D eigenvalue weighted by Gasteiger charge is -2.28. The van der Waals surface area contributed by atoms with Crippen LogP contribution in [-0.4, -0.2) is 117 Å². The van der Waals surface area contributed by atoms with Crippen molar-refractivity contribution in [3.8, 4) is 0 Å². The fourth-order valence-electron chi connectivity index (χ4n) is 6.52. The first-order valence-electron chi connectivity index (χ1n) is 16.1. The molecule has 0 saturated carbocycles. The number of hydrogen-bond donors (Lipinski definition) is 4. The van der Waals surface area contributed by atoms with Crippen LogP contribution >= 0.6 is 0 Å². The highest BCUT2D eigenvalue weighted by Crippen LogP contribution is 2.42. The molecule has 0 radical (unpaired) electrons. The van der Waals surface area contributed by atoms with Gasteiger partial charge in [-0.15, -0.1) is 0 Å². The molecule has 17 heteroatoms. The third kappa shape index (κ3) is 9.45. The van der Waals surface area contributed by atoms with E-state index in [1.807, 2.05) is 6.92 Å². The van der Waals surface area contributed by atoms with Gasteiger partial charge in [0.2, 0.25) is 11.8 Å². The molecule has 2 amide bonds. The number of hydrogen-bond acceptors (Lipinski definition) is 9. The molecule has 3 fully saturated rings. The molecule has 3 aliphatic heterocycles. The number of carboxylic acid groups (broad SMARTS) is 2. The minimum Gasteiger partial charge on any atom is -0.479 e. The molecule has 3 heterocycles. The number of halogens is 3. The standard InChI is InChI=1S/C27H38F3N3O4S.C4H6O6/c1-2-9-22-25-23(15-19-32(25)24(34)10-5-3-6-16-31-17-7-4-8-18-31)33(26(22)35)38(36,37)21-13-11-20(12-14-21)27(28,29)30;5-1(3(7)8)2(6)4(9)10/h11-14,22-23,25H,2-10,15-19H2,1H3;1-2,5-6H,(H,7,8)(H,9,10)/t22-,23+,25-;/m1./s1. The van der Waals surface area contributed by atoms with Crippen molar-refractivity contribution in [2.24, 2.45) is 5.92 Å². The van der Waals surface area contributed by atoms with Gasteiger partial charge in [0.15, 0.2) is 12.2 Å². The number of carboxylic acids is 2. The topological polar surface area (TPSA) is 193 Å². The number of aliphatic hydroxyl groups is 2. The van der Waals surface area contributed by atoms with Crippen molar-refractivity contribution < 1.29 is 61.2 Å². The number of amides is 2. The lowest BCUT2D eigenvalue weighted by atomic mass is 9.94. The number of benzene rings is 1. The normalized spacial score (nSPS) is 22.9. The zero-order valence-corrected chi connectivity index (χ0v) is 27.5. The monoisotopic (exact) mass is 707 g/mol. The molecule has 0 aromatic heterocycles. The molecule has 5 atom stereocenters. The lowest BCUT2D eigenvalue weighted by molar-refractivity contribution is -0.165. The van der Waals surface area contributed by atoms with Crippen LogP contribution in [0, 0.1) is 5.92 Å². The maximum absolute atomic E-state index is 13.5. The van der Waals surface area contributed by atoms with Crippen LogP contribution in [-0.2, 0) is 35.4 Å². The molecule has 3 saturated heterocycles. The van der Waals surface area contributed by atoms with E-state index in [0.717, 1.165) is 55.3 Å². The van der Waals surface area contributed by atoms with E-state index in [1.165, 1.54) is 19.3 Å². The summed E-state index contributed by atoms with van der Waals surface area (Å²) in [5.41, 5.74) is -0.959. The van der Waals surface area contributed by atoms with Gasteiger partial charge in [-0.25, -0.2) is 22.3 Å². The zero-order chi connectivity index (χ0) is 35.8. The van der Waals surface area contributed by atoms with E-state index in [9.17, 15) is 40.8 Å². The van der Waals surface area contributed by atoms with Crippen LogP contribution in [0.2, 0.25) is 0 Å². The van der Waals surface area contributed by atoms with Crippen molar-refractivity contribution in [2.45, 2.75) is 106 Å². The van der Waals surface area contributed by atoms with Crippen LogP contribution in [0.1, 0.15) is 76.7 Å². The molecule has 270 valence electrons. The molecule has 1 aromatic carbocycles. The maximum atomic E-state index is 13.5. The Morgan fingerprint density at radius 1 is 0.917 bits per heavy atom. The van der Waals surface area contributed by atoms with E-state index in [1.54, 1.807) is 4.90 Å². The summed E-state index contributed by atoms with van der Waals surface area (Å²) in [6.07, 6.45) is -0.819. The van der Waals surface area contributed by atoms with Crippen LogP contribution in [0.25, 0.3) is 0 Å². The first-order chi connectivity index (χ1) is 22.5. The number of aliphatic carboxylic acids is 2. The third-order valence-electron chi connectivity index (χ3n) is 8.95. The fraction of sp³-hybridized carbons (Fsp3) is 0.677. The molecule has 4 N–H and O–H groups in total. The van der Waals surface area contributed by atoms with Crippen molar-refractivity contribution in [1.29, 1.82) is 0 Å². The molecular weight excluding hydrogens is 663 g/mol. The summed E-state index contributed by atoms with van der Waals surface area (Å²) in [7, 11) is -4.37. The number of alkyl halides is 3. The van der Waals surface area contributed by atoms with Gasteiger partial charge in [0.05, 0.1) is 28.5 Å². The van der Waals surface area contributed by atoms with Gasteiger partial charge in [-0.05, 0) is 82.4 Å². The molecular formula is C31H44F3N3O10S. The summed E-state index contributed by atoms with van der Waals surface area (Å²) in [5, 5.41) is 32.5. The predicted molar refractivity (Wildman–Crippen MR) is 164 cm³/mol. The van der Waals surface area contributed by atoms with Gasteiger partial charge in [-0.2, -0.15) is 13.2 Å². The smallest absolute Gasteiger partial charge is 0.416 e. The highest BCUT2D eigenvalue weighted by Gasteiger charge is 2.58. The Morgan fingerprint density at radius 3 is 2.02 bits per heavy atom. The number of carbonyl (C=O) groups excluding carboxylic acids is 2.